The van der Waals surface area contributed by atoms with Gasteiger partial charge in [-0.3, -0.25) is 14.4 Å². The predicted octanol–water partition coefficient (Wildman–Crippen LogP) is 4.80. The van der Waals surface area contributed by atoms with E-state index in [0.717, 1.165) is 23.2 Å². The van der Waals surface area contributed by atoms with Crippen molar-refractivity contribution < 1.29 is 14.4 Å². The van der Waals surface area contributed by atoms with Crippen LogP contribution in [0.4, 0.5) is 17.1 Å². The minimum atomic E-state index is -0.302. The van der Waals surface area contributed by atoms with Crippen molar-refractivity contribution in [2.24, 2.45) is 0 Å². The molecular weight excluding hydrogens is 402 g/mol. The third kappa shape index (κ3) is 4.39. The molecule has 3 aromatic rings. The van der Waals surface area contributed by atoms with Crippen LogP contribution in [0.15, 0.2) is 66.7 Å². The van der Waals surface area contributed by atoms with Crippen LogP contribution in [0, 0.1) is 6.92 Å². The van der Waals surface area contributed by atoms with Crippen LogP contribution < -0.4 is 15.5 Å². The Morgan fingerprint density at radius 1 is 0.906 bits per heavy atom. The first-order valence-corrected chi connectivity index (χ1v) is 10.7. The molecule has 2 N–H and O–H groups in total. The molecule has 162 valence electrons. The van der Waals surface area contributed by atoms with Crippen LogP contribution in [0.25, 0.3) is 0 Å². The van der Waals surface area contributed by atoms with E-state index in [1.54, 1.807) is 35.2 Å². The topological polar surface area (TPSA) is 78.5 Å². The van der Waals surface area contributed by atoms with Crippen molar-refractivity contribution in [3.63, 3.8) is 0 Å². The van der Waals surface area contributed by atoms with Crippen molar-refractivity contribution in [1.29, 1.82) is 0 Å². The van der Waals surface area contributed by atoms with E-state index in [0.29, 0.717) is 35.5 Å². The fraction of sp³-hybridized carbons (Fsp3) is 0.192. The molecule has 1 aliphatic heterocycles. The number of para-hydroxylation sites is 1. The molecule has 0 atom stereocenters. The van der Waals surface area contributed by atoms with Crippen LogP contribution in [-0.4, -0.2) is 24.3 Å². The summed E-state index contributed by atoms with van der Waals surface area (Å²) in [5.74, 6) is -0.521. The predicted molar refractivity (Wildman–Crippen MR) is 126 cm³/mol. The van der Waals surface area contributed by atoms with Gasteiger partial charge in [-0.05, 0) is 66.9 Å². The maximum absolute atomic E-state index is 12.9. The van der Waals surface area contributed by atoms with E-state index in [-0.39, 0.29) is 17.7 Å². The Bertz CT molecular complexity index is 1200. The summed E-state index contributed by atoms with van der Waals surface area (Å²) in [4.78, 5) is 39.6. The highest BCUT2D eigenvalue weighted by Crippen LogP contribution is 2.30. The summed E-state index contributed by atoms with van der Waals surface area (Å²) in [5.41, 5.74) is 4.88. The number of hydrogen-bond acceptors (Lipinski definition) is 3. The van der Waals surface area contributed by atoms with Crippen LogP contribution in [0.5, 0.6) is 0 Å². The number of nitrogens with one attached hydrogen (secondary N) is 2. The normalized spacial score (nSPS) is 12.2. The highest BCUT2D eigenvalue weighted by atomic mass is 16.2. The minimum Gasteiger partial charge on any atom is -0.322 e. The molecule has 3 aromatic carbocycles. The monoisotopic (exact) mass is 427 g/mol. The molecule has 0 fully saturated rings. The van der Waals surface area contributed by atoms with E-state index < -0.39 is 0 Å². The van der Waals surface area contributed by atoms with Gasteiger partial charge >= 0.3 is 0 Å². The summed E-state index contributed by atoms with van der Waals surface area (Å²) >= 11 is 0. The molecule has 0 spiro atoms. The first kappa shape index (κ1) is 21.3. The molecule has 0 aromatic heterocycles. The summed E-state index contributed by atoms with van der Waals surface area (Å²) in [6.07, 6.45) is 1.17. The Morgan fingerprint density at radius 2 is 1.72 bits per heavy atom. The largest absolute Gasteiger partial charge is 0.322 e. The van der Waals surface area contributed by atoms with Gasteiger partial charge in [0.1, 0.15) is 0 Å². The Hall–Kier alpha value is -3.93. The average molecular weight is 428 g/mol. The van der Waals surface area contributed by atoms with Gasteiger partial charge in [-0.15, -0.1) is 0 Å². The van der Waals surface area contributed by atoms with Crippen LogP contribution in [0.2, 0.25) is 0 Å². The zero-order valence-electron chi connectivity index (χ0n) is 18.1. The lowest BCUT2D eigenvalue weighted by molar-refractivity contribution is -0.118. The van der Waals surface area contributed by atoms with E-state index in [9.17, 15) is 14.4 Å². The zero-order valence-corrected chi connectivity index (χ0v) is 18.1. The molecule has 3 amide bonds. The number of anilines is 3. The lowest BCUT2D eigenvalue weighted by atomic mass is 10.1. The van der Waals surface area contributed by atoms with Gasteiger partial charge in [-0.2, -0.15) is 0 Å². The Morgan fingerprint density at radius 3 is 2.50 bits per heavy atom. The van der Waals surface area contributed by atoms with Crippen LogP contribution >= 0.6 is 0 Å². The van der Waals surface area contributed by atoms with Crippen molar-refractivity contribution in [3.8, 4) is 0 Å². The van der Waals surface area contributed by atoms with Crippen LogP contribution in [-0.2, 0) is 11.2 Å². The SMILES string of the molecule is CCC(=O)N1CCc2cc(C(=O)Nc3ccccc3C(=O)Nc3cccc(C)c3)ccc21. The molecule has 0 saturated heterocycles. The fourth-order valence-electron chi connectivity index (χ4n) is 3.90. The Kier molecular flexibility index (Phi) is 6.03. The van der Waals surface area contributed by atoms with Gasteiger partial charge < -0.3 is 15.5 Å². The zero-order chi connectivity index (χ0) is 22.7. The number of fused-ring (bicyclic) bond motifs is 1. The number of benzene rings is 3. The second kappa shape index (κ2) is 9.06. The fourth-order valence-corrected chi connectivity index (χ4v) is 3.90. The molecular formula is C26H25N3O3. The van der Waals surface area contributed by atoms with Gasteiger partial charge in [-0.25, -0.2) is 0 Å². The van der Waals surface area contributed by atoms with Gasteiger partial charge in [-0.1, -0.05) is 31.2 Å². The number of hydrogen-bond donors (Lipinski definition) is 2. The molecule has 0 bridgehead atoms. The van der Waals surface area contributed by atoms with Gasteiger partial charge in [0.25, 0.3) is 11.8 Å². The standard InChI is InChI=1S/C26H25N3O3/c1-3-24(30)29-14-13-18-16-19(11-12-23(18)29)25(31)28-22-10-5-4-9-21(22)26(32)27-20-8-6-7-17(2)15-20/h4-12,15-16H,3,13-14H2,1-2H3,(H,27,32)(H,28,31). The summed E-state index contributed by atoms with van der Waals surface area (Å²) in [7, 11) is 0. The summed E-state index contributed by atoms with van der Waals surface area (Å²) < 4.78 is 0. The average Bonchev–Trinajstić information content (AvgIpc) is 3.22. The van der Waals surface area contributed by atoms with Crippen molar-refractivity contribution in [3.05, 3.63) is 89.0 Å². The highest BCUT2D eigenvalue weighted by molar-refractivity contribution is 6.12. The second-order valence-electron chi connectivity index (χ2n) is 7.82. The Labute approximate surface area is 187 Å². The molecule has 1 aliphatic rings. The van der Waals surface area contributed by atoms with Gasteiger partial charge in [0.05, 0.1) is 11.3 Å². The first-order chi connectivity index (χ1) is 15.5. The smallest absolute Gasteiger partial charge is 0.257 e. The molecule has 1 heterocycles. The Balaban J connectivity index is 1.52. The van der Waals surface area contributed by atoms with E-state index in [1.165, 1.54) is 0 Å². The van der Waals surface area contributed by atoms with Gasteiger partial charge in [0.15, 0.2) is 0 Å². The van der Waals surface area contributed by atoms with Gasteiger partial charge in [0, 0.05) is 29.9 Å². The van der Waals surface area contributed by atoms with Crippen LogP contribution in [0.1, 0.15) is 45.2 Å². The van der Waals surface area contributed by atoms with Crippen LogP contribution in [0.3, 0.4) is 0 Å². The molecule has 32 heavy (non-hydrogen) atoms. The quantitative estimate of drug-likeness (QED) is 0.614. The van der Waals surface area contributed by atoms with Crippen molar-refractivity contribution >= 4 is 34.8 Å². The second-order valence-corrected chi connectivity index (χ2v) is 7.82. The molecule has 0 aliphatic carbocycles. The summed E-state index contributed by atoms with van der Waals surface area (Å²) in [6, 6.07) is 19.8. The van der Waals surface area contributed by atoms with E-state index in [1.807, 2.05) is 50.2 Å². The lowest BCUT2D eigenvalue weighted by Gasteiger charge is -2.16. The van der Waals surface area contributed by atoms with Crippen molar-refractivity contribution in [2.45, 2.75) is 26.7 Å². The third-order valence-electron chi connectivity index (χ3n) is 5.54. The maximum Gasteiger partial charge on any atom is 0.257 e. The number of carbonyl (C=O) groups excluding carboxylic acids is 3. The molecule has 0 saturated carbocycles. The van der Waals surface area contributed by atoms with Crippen molar-refractivity contribution in [2.75, 3.05) is 22.1 Å². The van der Waals surface area contributed by atoms with E-state index >= 15 is 0 Å². The molecule has 4 rings (SSSR count). The van der Waals surface area contributed by atoms with E-state index in [4.69, 9.17) is 0 Å². The lowest BCUT2D eigenvalue weighted by Crippen LogP contribution is -2.27. The third-order valence-corrected chi connectivity index (χ3v) is 5.54. The maximum atomic E-state index is 12.9. The number of carbonyl (C=O) groups is 3. The van der Waals surface area contributed by atoms with Gasteiger partial charge in [0.2, 0.25) is 5.91 Å². The number of nitrogens with zero attached hydrogens (tertiary/aromatic N) is 1. The molecule has 6 heteroatoms. The first-order valence-electron chi connectivity index (χ1n) is 10.7. The minimum absolute atomic E-state index is 0.0782. The summed E-state index contributed by atoms with van der Waals surface area (Å²) in [5, 5.41) is 5.74. The highest BCUT2D eigenvalue weighted by Gasteiger charge is 2.24. The molecule has 6 nitrogen and oxygen atoms in total. The van der Waals surface area contributed by atoms with Crippen molar-refractivity contribution in [1.82, 2.24) is 0 Å². The number of aryl methyl sites for hydroxylation is 1. The number of amides is 3. The molecule has 0 radical (unpaired) electrons. The molecule has 0 unspecified atom stereocenters. The van der Waals surface area contributed by atoms with E-state index in [2.05, 4.69) is 10.6 Å². The summed E-state index contributed by atoms with van der Waals surface area (Å²) in [6.45, 7) is 4.43. The number of rotatable bonds is 5.